The molecule has 1 saturated heterocycles. The Labute approximate surface area is 290 Å². The number of hydrogen-bond acceptors (Lipinski definition) is 3. The van der Waals surface area contributed by atoms with Crippen LogP contribution < -0.4 is 20.7 Å². The normalized spacial score (nSPS) is 17.8. The SMILES string of the molecule is CC(C)(C)[Si](O[C@@H]1CN(Cc2ccccc2)C[C@H]1O[Si](c1ccccc1)(c1ccccc1)C(C)(C)C)(c1ccccc1)c1ccccc1. The van der Waals surface area contributed by atoms with Gasteiger partial charge in [0.1, 0.15) is 0 Å². The highest BCUT2D eigenvalue weighted by Gasteiger charge is 2.57. The topological polar surface area (TPSA) is 21.7 Å². The number of nitrogens with zero attached hydrogens (tertiary/aromatic N) is 1. The summed E-state index contributed by atoms with van der Waals surface area (Å²) in [5.41, 5.74) is 1.31. The van der Waals surface area contributed by atoms with Gasteiger partial charge in [-0.2, -0.15) is 0 Å². The Morgan fingerprint density at radius 3 is 1.00 bits per heavy atom. The molecular formula is C43H51NO2Si2. The molecule has 5 aromatic rings. The lowest BCUT2D eigenvalue weighted by atomic mass is 10.2. The van der Waals surface area contributed by atoms with Gasteiger partial charge >= 0.3 is 0 Å². The van der Waals surface area contributed by atoms with Crippen molar-refractivity contribution in [3.8, 4) is 0 Å². The minimum atomic E-state index is -2.85. The van der Waals surface area contributed by atoms with Crippen molar-refractivity contribution in [1.82, 2.24) is 4.90 Å². The van der Waals surface area contributed by atoms with E-state index in [1.807, 2.05) is 0 Å². The monoisotopic (exact) mass is 669 g/mol. The molecule has 0 amide bonds. The van der Waals surface area contributed by atoms with Gasteiger partial charge in [0, 0.05) is 19.6 Å². The van der Waals surface area contributed by atoms with Gasteiger partial charge in [-0.1, -0.05) is 193 Å². The van der Waals surface area contributed by atoms with Crippen LogP contribution in [-0.2, 0) is 15.4 Å². The molecule has 1 aliphatic heterocycles. The number of rotatable bonds is 10. The standard InChI is InChI=1S/C43H51NO2Si2/c1-42(2,3)47(36-24-14-8-15-25-36,37-26-16-9-17-27-37)45-40-33-44(32-35-22-12-7-13-23-35)34-41(40)46-48(43(4,5)6,38-28-18-10-19-29-38)39-30-20-11-21-31-39/h7-31,40-41H,32-34H2,1-6H3/t40-,41-/m1/s1. The summed E-state index contributed by atoms with van der Waals surface area (Å²) < 4.78 is 15.9. The Kier molecular flexibility index (Phi) is 10.1. The fourth-order valence-corrected chi connectivity index (χ4v) is 17.2. The third-order valence-corrected chi connectivity index (χ3v) is 20.2. The Morgan fingerprint density at radius 2 is 0.729 bits per heavy atom. The Morgan fingerprint density at radius 1 is 0.458 bits per heavy atom. The first-order valence-electron chi connectivity index (χ1n) is 17.4. The molecule has 2 atom stereocenters. The molecule has 0 N–H and O–H groups in total. The first-order chi connectivity index (χ1) is 23.0. The van der Waals surface area contributed by atoms with Gasteiger partial charge in [0.25, 0.3) is 16.6 Å². The van der Waals surface area contributed by atoms with Gasteiger partial charge in [-0.15, -0.1) is 0 Å². The highest BCUT2D eigenvalue weighted by Crippen LogP contribution is 2.42. The molecule has 0 aliphatic carbocycles. The molecule has 0 saturated carbocycles. The smallest absolute Gasteiger partial charge is 0.261 e. The Hall–Kier alpha value is -3.59. The van der Waals surface area contributed by atoms with Crippen molar-refractivity contribution in [2.45, 2.75) is 70.4 Å². The zero-order valence-corrected chi connectivity index (χ0v) is 31.5. The van der Waals surface area contributed by atoms with Crippen LogP contribution >= 0.6 is 0 Å². The van der Waals surface area contributed by atoms with Gasteiger partial charge in [0.2, 0.25) is 0 Å². The van der Waals surface area contributed by atoms with Crippen LogP contribution in [-0.4, -0.2) is 46.8 Å². The third kappa shape index (κ3) is 6.67. The van der Waals surface area contributed by atoms with Crippen molar-refractivity contribution in [2.24, 2.45) is 0 Å². The minimum absolute atomic E-state index is 0.123. The fraction of sp³-hybridized carbons (Fsp3) is 0.302. The van der Waals surface area contributed by atoms with Crippen molar-refractivity contribution in [2.75, 3.05) is 13.1 Å². The molecule has 0 spiro atoms. The van der Waals surface area contributed by atoms with Gasteiger partial charge in [-0.3, -0.25) is 4.90 Å². The highest BCUT2D eigenvalue weighted by atomic mass is 28.4. The summed E-state index contributed by atoms with van der Waals surface area (Å²) in [6.07, 6.45) is -0.247. The molecule has 1 fully saturated rings. The van der Waals surface area contributed by atoms with Crippen molar-refractivity contribution in [3.05, 3.63) is 157 Å². The van der Waals surface area contributed by atoms with Crippen LogP contribution in [0, 0.1) is 0 Å². The first-order valence-corrected chi connectivity index (χ1v) is 21.2. The summed E-state index contributed by atoms with van der Waals surface area (Å²) in [5.74, 6) is 0. The van der Waals surface area contributed by atoms with Crippen molar-refractivity contribution < 1.29 is 8.85 Å². The molecule has 6 rings (SSSR count). The molecule has 0 bridgehead atoms. The Bertz CT molecular complexity index is 1530. The zero-order chi connectivity index (χ0) is 33.8. The second kappa shape index (κ2) is 14.1. The van der Waals surface area contributed by atoms with E-state index in [0.29, 0.717) is 0 Å². The second-order valence-corrected chi connectivity index (χ2v) is 23.8. The fourth-order valence-electron chi connectivity index (χ4n) is 7.85. The molecule has 5 aromatic carbocycles. The molecule has 0 radical (unpaired) electrons. The quantitative estimate of drug-likeness (QED) is 0.145. The van der Waals surface area contributed by atoms with Crippen LogP contribution in [0.15, 0.2) is 152 Å². The maximum atomic E-state index is 7.94. The predicted molar refractivity (Wildman–Crippen MR) is 207 cm³/mol. The van der Waals surface area contributed by atoms with Gasteiger partial charge < -0.3 is 8.85 Å². The van der Waals surface area contributed by atoms with E-state index < -0.39 is 16.6 Å². The van der Waals surface area contributed by atoms with E-state index >= 15 is 0 Å². The van der Waals surface area contributed by atoms with Crippen LogP contribution in [0.4, 0.5) is 0 Å². The summed E-state index contributed by atoms with van der Waals surface area (Å²) >= 11 is 0. The molecule has 1 heterocycles. The van der Waals surface area contributed by atoms with Crippen LogP contribution in [0.2, 0.25) is 10.1 Å². The van der Waals surface area contributed by atoms with Crippen LogP contribution in [0.25, 0.3) is 0 Å². The van der Waals surface area contributed by atoms with Crippen LogP contribution in [0.5, 0.6) is 0 Å². The summed E-state index contributed by atoms with van der Waals surface area (Å²) in [6, 6.07) is 55.0. The van der Waals surface area contributed by atoms with Gasteiger partial charge in [0.05, 0.1) is 12.2 Å². The van der Waals surface area contributed by atoms with E-state index in [2.05, 4.69) is 198 Å². The lowest BCUT2D eigenvalue weighted by Gasteiger charge is -2.48. The number of hydrogen-bond donors (Lipinski definition) is 0. The molecule has 48 heavy (non-hydrogen) atoms. The molecule has 0 unspecified atom stereocenters. The summed E-state index contributed by atoms with van der Waals surface area (Å²) in [7, 11) is -5.70. The van der Waals surface area contributed by atoms with E-state index in [-0.39, 0.29) is 22.3 Å². The van der Waals surface area contributed by atoms with E-state index in [0.717, 1.165) is 19.6 Å². The minimum Gasteiger partial charge on any atom is -0.401 e. The lowest BCUT2D eigenvalue weighted by Crippen LogP contribution is -2.71. The van der Waals surface area contributed by atoms with Crippen LogP contribution in [0.1, 0.15) is 47.1 Å². The number of benzene rings is 5. The molecule has 1 aliphatic rings. The highest BCUT2D eigenvalue weighted by molar-refractivity contribution is 7.00. The van der Waals surface area contributed by atoms with Crippen molar-refractivity contribution in [3.63, 3.8) is 0 Å². The lowest BCUT2D eigenvalue weighted by molar-refractivity contribution is 0.0772. The number of likely N-dealkylation sites (tertiary alicyclic amines) is 1. The molecule has 248 valence electrons. The Balaban J connectivity index is 1.51. The summed E-state index contributed by atoms with van der Waals surface area (Å²) in [5, 5.41) is 4.93. The van der Waals surface area contributed by atoms with E-state index in [9.17, 15) is 0 Å². The summed E-state index contributed by atoms with van der Waals surface area (Å²) in [6.45, 7) is 16.7. The first kappa shape index (κ1) is 34.3. The van der Waals surface area contributed by atoms with Crippen molar-refractivity contribution in [1.29, 1.82) is 0 Å². The molecule has 5 heteroatoms. The van der Waals surface area contributed by atoms with E-state index in [1.165, 1.54) is 26.3 Å². The molecule has 3 nitrogen and oxygen atoms in total. The zero-order valence-electron chi connectivity index (χ0n) is 29.5. The second-order valence-electron chi connectivity index (χ2n) is 15.3. The average molecular weight is 670 g/mol. The predicted octanol–water partition coefficient (Wildman–Crippen LogP) is 7.39. The van der Waals surface area contributed by atoms with Crippen LogP contribution in [0.3, 0.4) is 0 Å². The van der Waals surface area contributed by atoms with Gasteiger partial charge in [-0.25, -0.2) is 0 Å². The van der Waals surface area contributed by atoms with Gasteiger partial charge in [0.15, 0.2) is 0 Å². The maximum Gasteiger partial charge on any atom is 0.261 e. The molecule has 0 aromatic heterocycles. The van der Waals surface area contributed by atoms with E-state index in [4.69, 9.17) is 8.85 Å². The summed E-state index contributed by atoms with van der Waals surface area (Å²) in [4.78, 5) is 2.56. The largest absolute Gasteiger partial charge is 0.401 e. The van der Waals surface area contributed by atoms with E-state index in [1.54, 1.807) is 0 Å². The average Bonchev–Trinajstić information content (AvgIpc) is 3.46. The molecular weight excluding hydrogens is 619 g/mol. The third-order valence-electron chi connectivity index (χ3n) is 10.0. The van der Waals surface area contributed by atoms with Gasteiger partial charge in [-0.05, 0) is 36.4 Å². The van der Waals surface area contributed by atoms with Crippen molar-refractivity contribution >= 4 is 37.4 Å². The maximum absolute atomic E-state index is 7.94.